The van der Waals surface area contributed by atoms with Crippen LogP contribution in [0, 0.1) is 0 Å². The summed E-state index contributed by atoms with van der Waals surface area (Å²) in [5, 5.41) is 3.62. The molecule has 2 aromatic rings. The van der Waals surface area contributed by atoms with Crippen LogP contribution in [0.4, 0.5) is 8.78 Å². The molecule has 2 rings (SSSR count). The zero-order valence-electron chi connectivity index (χ0n) is 8.78. The molecular weight excluding hydrogens is 296 g/mol. The fourth-order valence-corrected chi connectivity index (χ4v) is 1.86. The molecule has 0 bridgehead atoms. The topological polar surface area (TPSA) is 35.3 Å². The highest BCUT2D eigenvalue weighted by Gasteiger charge is 2.23. The van der Waals surface area contributed by atoms with Crippen LogP contribution < -0.4 is 4.74 Å². The Morgan fingerprint density at radius 2 is 1.94 bits per heavy atom. The molecule has 0 atom stereocenters. The zero-order chi connectivity index (χ0) is 12.4. The maximum absolute atomic E-state index is 12.8. The van der Waals surface area contributed by atoms with Gasteiger partial charge in [-0.2, -0.15) is 0 Å². The number of rotatable bonds is 3. The van der Waals surface area contributed by atoms with Crippen molar-refractivity contribution in [2.45, 2.75) is 6.43 Å². The number of alkyl halides is 2. The molecule has 6 heteroatoms. The molecule has 3 nitrogen and oxygen atoms in total. The Morgan fingerprint density at radius 3 is 2.47 bits per heavy atom. The highest BCUT2D eigenvalue weighted by atomic mass is 79.9. The molecule has 1 heterocycles. The van der Waals surface area contributed by atoms with Gasteiger partial charge in [0.05, 0.1) is 7.11 Å². The third-order valence-corrected chi connectivity index (χ3v) is 2.84. The van der Waals surface area contributed by atoms with Gasteiger partial charge in [0.2, 0.25) is 4.67 Å². The first-order chi connectivity index (χ1) is 8.13. The van der Waals surface area contributed by atoms with Crippen molar-refractivity contribution in [1.29, 1.82) is 0 Å². The smallest absolute Gasteiger partial charge is 0.270 e. The van der Waals surface area contributed by atoms with Gasteiger partial charge in [0.1, 0.15) is 17.0 Å². The minimum atomic E-state index is -2.65. The third kappa shape index (κ3) is 2.31. The van der Waals surface area contributed by atoms with Gasteiger partial charge in [0, 0.05) is 5.56 Å². The number of benzene rings is 1. The van der Waals surface area contributed by atoms with Crippen molar-refractivity contribution in [3.05, 3.63) is 34.5 Å². The first-order valence-electron chi connectivity index (χ1n) is 4.71. The Labute approximate surface area is 104 Å². The quantitative estimate of drug-likeness (QED) is 0.858. The monoisotopic (exact) mass is 303 g/mol. The Bertz CT molecular complexity index is 511. The first-order valence-corrected chi connectivity index (χ1v) is 5.50. The van der Waals surface area contributed by atoms with Gasteiger partial charge in [-0.05, 0) is 40.2 Å². The summed E-state index contributed by atoms with van der Waals surface area (Å²) in [4.78, 5) is 0. The molecule has 0 saturated carbocycles. The number of hydrogen-bond donors (Lipinski definition) is 0. The predicted molar refractivity (Wildman–Crippen MR) is 61.1 cm³/mol. The molecule has 1 aromatic heterocycles. The van der Waals surface area contributed by atoms with Crippen molar-refractivity contribution in [3.63, 3.8) is 0 Å². The largest absolute Gasteiger partial charge is 0.497 e. The van der Waals surface area contributed by atoms with Gasteiger partial charge in [0.25, 0.3) is 6.43 Å². The van der Waals surface area contributed by atoms with Crippen LogP contribution in [0.3, 0.4) is 0 Å². The van der Waals surface area contributed by atoms with E-state index in [9.17, 15) is 8.78 Å². The Morgan fingerprint density at radius 1 is 1.29 bits per heavy atom. The van der Waals surface area contributed by atoms with E-state index in [2.05, 4.69) is 21.1 Å². The lowest BCUT2D eigenvalue weighted by atomic mass is 10.1. The van der Waals surface area contributed by atoms with Crippen LogP contribution in [-0.2, 0) is 0 Å². The van der Waals surface area contributed by atoms with Gasteiger partial charge >= 0.3 is 0 Å². The predicted octanol–water partition coefficient (Wildman–Crippen LogP) is 4.05. The normalized spacial score (nSPS) is 10.9. The van der Waals surface area contributed by atoms with Crippen LogP contribution in [-0.4, -0.2) is 12.3 Å². The maximum Gasteiger partial charge on any atom is 0.270 e. The zero-order valence-corrected chi connectivity index (χ0v) is 10.4. The molecule has 17 heavy (non-hydrogen) atoms. The van der Waals surface area contributed by atoms with Gasteiger partial charge < -0.3 is 9.26 Å². The molecule has 0 saturated heterocycles. The SMILES string of the molecule is COc1ccc(-c2noc(Br)c2C(F)F)cc1. The Hall–Kier alpha value is -1.43. The summed E-state index contributed by atoms with van der Waals surface area (Å²) in [6, 6.07) is 6.64. The molecule has 0 unspecified atom stereocenters. The van der Waals surface area contributed by atoms with Crippen molar-refractivity contribution < 1.29 is 18.0 Å². The number of nitrogens with zero attached hydrogens (tertiary/aromatic N) is 1. The highest BCUT2D eigenvalue weighted by molar-refractivity contribution is 9.10. The minimum absolute atomic E-state index is 0.0432. The van der Waals surface area contributed by atoms with Crippen LogP contribution in [0.1, 0.15) is 12.0 Å². The molecule has 0 aliphatic heterocycles. The third-order valence-electron chi connectivity index (χ3n) is 2.27. The van der Waals surface area contributed by atoms with E-state index in [1.165, 1.54) is 7.11 Å². The van der Waals surface area contributed by atoms with E-state index in [4.69, 9.17) is 9.26 Å². The second-order valence-electron chi connectivity index (χ2n) is 3.25. The van der Waals surface area contributed by atoms with Crippen LogP contribution in [0.25, 0.3) is 11.3 Å². The molecule has 0 amide bonds. The van der Waals surface area contributed by atoms with Gasteiger partial charge in [-0.1, -0.05) is 5.16 Å². The summed E-state index contributed by atoms with van der Waals surface area (Å²) in [6.07, 6.45) is -2.65. The van der Waals surface area contributed by atoms with E-state index in [0.717, 1.165) is 0 Å². The molecule has 0 radical (unpaired) electrons. The molecular formula is C11H8BrF2NO2. The van der Waals surface area contributed by atoms with E-state index in [1.807, 2.05) is 0 Å². The second-order valence-corrected chi connectivity index (χ2v) is 3.97. The van der Waals surface area contributed by atoms with Gasteiger partial charge in [-0.15, -0.1) is 0 Å². The summed E-state index contributed by atoms with van der Waals surface area (Å²) >= 11 is 2.91. The molecule has 0 aliphatic rings. The van der Waals surface area contributed by atoms with Crippen molar-refractivity contribution in [2.24, 2.45) is 0 Å². The summed E-state index contributed by atoms with van der Waals surface area (Å²) in [6.45, 7) is 0. The van der Waals surface area contributed by atoms with Crippen LogP contribution >= 0.6 is 15.9 Å². The summed E-state index contributed by atoms with van der Waals surface area (Å²) in [5.41, 5.74) is 0.445. The van der Waals surface area contributed by atoms with Gasteiger partial charge in [-0.3, -0.25) is 0 Å². The fraction of sp³-hybridized carbons (Fsp3) is 0.182. The van der Waals surface area contributed by atoms with Gasteiger partial charge in [-0.25, -0.2) is 8.78 Å². The van der Waals surface area contributed by atoms with Crippen molar-refractivity contribution >= 4 is 15.9 Å². The molecule has 1 aromatic carbocycles. The number of hydrogen-bond acceptors (Lipinski definition) is 3. The average Bonchev–Trinajstić information content (AvgIpc) is 2.71. The van der Waals surface area contributed by atoms with Crippen LogP contribution in [0.15, 0.2) is 33.5 Å². The standard InChI is InChI=1S/C11H8BrF2NO2/c1-16-7-4-2-6(3-5-7)9-8(11(13)14)10(12)17-15-9/h2-5,11H,1H3. The van der Waals surface area contributed by atoms with Crippen molar-refractivity contribution in [2.75, 3.05) is 7.11 Å². The Kier molecular flexibility index (Phi) is 3.42. The number of halogens is 3. The molecule has 0 aliphatic carbocycles. The van der Waals surface area contributed by atoms with Crippen molar-refractivity contribution in [3.8, 4) is 17.0 Å². The van der Waals surface area contributed by atoms with E-state index in [-0.39, 0.29) is 15.9 Å². The van der Waals surface area contributed by atoms with E-state index in [1.54, 1.807) is 24.3 Å². The van der Waals surface area contributed by atoms with Gasteiger partial charge in [0.15, 0.2) is 0 Å². The van der Waals surface area contributed by atoms with Crippen LogP contribution in [0.5, 0.6) is 5.75 Å². The fourth-order valence-electron chi connectivity index (χ4n) is 1.42. The molecule has 0 spiro atoms. The second kappa shape index (κ2) is 4.83. The van der Waals surface area contributed by atoms with E-state index < -0.39 is 6.43 Å². The van der Waals surface area contributed by atoms with Crippen molar-refractivity contribution in [1.82, 2.24) is 5.16 Å². The molecule has 0 N–H and O–H groups in total. The first kappa shape index (κ1) is 12.0. The summed E-state index contributed by atoms with van der Waals surface area (Å²) in [7, 11) is 1.53. The lowest BCUT2D eigenvalue weighted by molar-refractivity contribution is 0.149. The Balaban J connectivity index is 2.45. The van der Waals surface area contributed by atoms with E-state index in [0.29, 0.717) is 11.3 Å². The number of aromatic nitrogens is 1. The molecule has 0 fully saturated rings. The summed E-state index contributed by atoms with van der Waals surface area (Å²) < 4.78 is 35.3. The van der Waals surface area contributed by atoms with E-state index >= 15 is 0 Å². The van der Waals surface area contributed by atoms with Crippen LogP contribution in [0.2, 0.25) is 0 Å². The highest BCUT2D eigenvalue weighted by Crippen LogP contribution is 2.36. The summed E-state index contributed by atoms with van der Waals surface area (Å²) in [5.74, 6) is 0.648. The number of methoxy groups -OCH3 is 1. The minimum Gasteiger partial charge on any atom is -0.497 e. The lowest BCUT2D eigenvalue weighted by Crippen LogP contribution is -1.88. The average molecular weight is 304 g/mol. The number of ether oxygens (including phenoxy) is 1. The molecule has 90 valence electrons. The maximum atomic E-state index is 12.8. The lowest BCUT2D eigenvalue weighted by Gasteiger charge is -2.02.